The average Bonchev–Trinajstić information content (AvgIpc) is 2.61. The first-order chi connectivity index (χ1) is 12.8. The molecule has 2 amide bonds. The SMILES string of the molecule is CCOC(=O)c1ccc(Cl)cc1NC(=O)NS(=O)(=O)c1ccccc1C#N. The van der Waals surface area contributed by atoms with Gasteiger partial charge in [0.05, 0.1) is 23.4 Å². The Morgan fingerprint density at radius 1 is 1.22 bits per heavy atom. The van der Waals surface area contributed by atoms with E-state index in [1.165, 1.54) is 42.5 Å². The lowest BCUT2D eigenvalue weighted by atomic mass is 10.2. The van der Waals surface area contributed by atoms with Gasteiger partial charge in [0.1, 0.15) is 11.0 Å². The number of esters is 1. The zero-order chi connectivity index (χ0) is 20.0. The topological polar surface area (TPSA) is 125 Å². The molecule has 0 radical (unpaired) electrons. The molecule has 0 heterocycles. The highest BCUT2D eigenvalue weighted by Crippen LogP contribution is 2.22. The van der Waals surface area contributed by atoms with Crippen molar-refractivity contribution in [2.24, 2.45) is 0 Å². The molecule has 2 aromatic rings. The number of urea groups is 1. The van der Waals surface area contributed by atoms with E-state index >= 15 is 0 Å². The normalized spacial score (nSPS) is 10.6. The lowest BCUT2D eigenvalue weighted by Gasteiger charge is -2.12. The maximum Gasteiger partial charge on any atom is 0.340 e. The van der Waals surface area contributed by atoms with Crippen LogP contribution in [0, 0.1) is 11.3 Å². The Kier molecular flexibility index (Phi) is 6.39. The van der Waals surface area contributed by atoms with Crippen LogP contribution in [-0.4, -0.2) is 27.0 Å². The molecular weight excluding hydrogens is 394 g/mol. The van der Waals surface area contributed by atoms with E-state index < -0.39 is 22.0 Å². The molecule has 2 N–H and O–H groups in total. The molecule has 0 bridgehead atoms. The molecule has 2 rings (SSSR count). The third-order valence-corrected chi connectivity index (χ3v) is 4.87. The van der Waals surface area contributed by atoms with E-state index in [9.17, 15) is 18.0 Å². The minimum Gasteiger partial charge on any atom is -0.462 e. The summed E-state index contributed by atoms with van der Waals surface area (Å²) in [5.41, 5.74) is -0.138. The number of nitrogens with zero attached hydrogens (tertiary/aromatic N) is 1. The van der Waals surface area contributed by atoms with Crippen molar-refractivity contribution in [1.82, 2.24) is 4.72 Å². The first-order valence-corrected chi connectivity index (χ1v) is 9.44. The van der Waals surface area contributed by atoms with Crippen LogP contribution in [0.15, 0.2) is 47.4 Å². The number of rotatable bonds is 5. The van der Waals surface area contributed by atoms with E-state index in [0.717, 1.165) is 0 Å². The summed E-state index contributed by atoms with van der Waals surface area (Å²) >= 11 is 5.87. The molecule has 0 saturated heterocycles. The van der Waals surface area contributed by atoms with Crippen LogP contribution in [0.1, 0.15) is 22.8 Å². The van der Waals surface area contributed by atoms with Crippen molar-refractivity contribution >= 4 is 39.3 Å². The fraction of sp³-hybridized carbons (Fsp3) is 0.118. The van der Waals surface area contributed by atoms with Gasteiger partial charge >= 0.3 is 12.0 Å². The first-order valence-electron chi connectivity index (χ1n) is 7.58. The molecule has 0 aliphatic heterocycles. The van der Waals surface area contributed by atoms with Gasteiger partial charge in [0.25, 0.3) is 10.0 Å². The summed E-state index contributed by atoms with van der Waals surface area (Å²) in [5, 5.41) is 11.5. The molecule has 0 aromatic heterocycles. The van der Waals surface area contributed by atoms with Crippen LogP contribution in [0.2, 0.25) is 5.02 Å². The molecule has 2 aromatic carbocycles. The Morgan fingerprint density at radius 2 is 1.93 bits per heavy atom. The summed E-state index contributed by atoms with van der Waals surface area (Å²) in [5.74, 6) is -0.706. The van der Waals surface area contributed by atoms with E-state index in [4.69, 9.17) is 21.6 Å². The number of nitriles is 1. The Morgan fingerprint density at radius 3 is 2.59 bits per heavy atom. The fourth-order valence-corrected chi connectivity index (χ4v) is 3.36. The summed E-state index contributed by atoms with van der Waals surface area (Å²) in [4.78, 5) is 23.8. The van der Waals surface area contributed by atoms with E-state index in [1.54, 1.807) is 17.7 Å². The van der Waals surface area contributed by atoms with Gasteiger partial charge in [-0.1, -0.05) is 23.7 Å². The van der Waals surface area contributed by atoms with Crippen molar-refractivity contribution in [3.63, 3.8) is 0 Å². The minimum atomic E-state index is -4.31. The molecule has 0 aliphatic carbocycles. The number of amides is 2. The maximum atomic E-state index is 12.4. The largest absolute Gasteiger partial charge is 0.462 e. The van der Waals surface area contributed by atoms with Gasteiger partial charge in [-0.25, -0.2) is 22.7 Å². The highest BCUT2D eigenvalue weighted by molar-refractivity contribution is 7.90. The highest BCUT2D eigenvalue weighted by Gasteiger charge is 2.22. The van der Waals surface area contributed by atoms with Crippen LogP contribution in [-0.2, 0) is 14.8 Å². The second kappa shape index (κ2) is 8.53. The number of hydrogen-bond donors (Lipinski definition) is 2. The zero-order valence-electron chi connectivity index (χ0n) is 14.0. The van der Waals surface area contributed by atoms with Gasteiger partial charge in [-0.15, -0.1) is 0 Å². The Hall–Kier alpha value is -3.09. The second-order valence-corrected chi connectivity index (χ2v) is 7.17. The molecule has 0 saturated carbocycles. The van der Waals surface area contributed by atoms with Crippen molar-refractivity contribution in [2.75, 3.05) is 11.9 Å². The van der Waals surface area contributed by atoms with Gasteiger partial charge < -0.3 is 10.1 Å². The molecule has 140 valence electrons. The van der Waals surface area contributed by atoms with Gasteiger partial charge in [0.15, 0.2) is 0 Å². The number of halogens is 1. The van der Waals surface area contributed by atoms with Crippen molar-refractivity contribution in [1.29, 1.82) is 5.26 Å². The number of sulfonamides is 1. The summed E-state index contributed by atoms with van der Waals surface area (Å²) < 4.78 is 31.4. The molecule has 10 heteroatoms. The quantitative estimate of drug-likeness (QED) is 0.734. The second-order valence-electron chi connectivity index (χ2n) is 5.08. The van der Waals surface area contributed by atoms with Gasteiger partial charge in [-0.05, 0) is 37.3 Å². The summed E-state index contributed by atoms with van der Waals surface area (Å²) in [6.07, 6.45) is 0. The van der Waals surface area contributed by atoms with Crippen molar-refractivity contribution in [3.8, 4) is 6.07 Å². The number of nitrogens with one attached hydrogen (secondary N) is 2. The molecule has 0 aliphatic rings. The van der Waals surface area contributed by atoms with Gasteiger partial charge in [-0.3, -0.25) is 0 Å². The van der Waals surface area contributed by atoms with Crippen molar-refractivity contribution in [2.45, 2.75) is 11.8 Å². The molecule has 0 unspecified atom stereocenters. The fourth-order valence-electron chi connectivity index (χ4n) is 2.12. The smallest absolute Gasteiger partial charge is 0.340 e. The molecule has 8 nitrogen and oxygen atoms in total. The van der Waals surface area contributed by atoms with Crippen LogP contribution >= 0.6 is 11.6 Å². The first kappa shape index (κ1) is 20.2. The molecule has 0 atom stereocenters. The number of carbonyl (C=O) groups excluding carboxylic acids is 2. The number of benzene rings is 2. The maximum absolute atomic E-state index is 12.4. The van der Waals surface area contributed by atoms with Gasteiger partial charge in [0.2, 0.25) is 0 Å². The van der Waals surface area contributed by atoms with Crippen LogP contribution in [0.5, 0.6) is 0 Å². The number of anilines is 1. The van der Waals surface area contributed by atoms with Gasteiger partial charge in [-0.2, -0.15) is 5.26 Å². The zero-order valence-corrected chi connectivity index (χ0v) is 15.6. The third kappa shape index (κ3) is 4.97. The lowest BCUT2D eigenvalue weighted by molar-refractivity contribution is 0.0527. The van der Waals surface area contributed by atoms with Crippen LogP contribution in [0.25, 0.3) is 0 Å². The standard InChI is InChI=1S/C17H14ClN3O5S/c1-2-26-16(22)13-8-7-12(18)9-14(13)20-17(23)21-27(24,25)15-6-4-3-5-11(15)10-19/h3-9H,2H2,1H3,(H2,20,21,23). The van der Waals surface area contributed by atoms with Crippen molar-refractivity contribution in [3.05, 3.63) is 58.6 Å². The van der Waals surface area contributed by atoms with E-state index in [2.05, 4.69) is 5.32 Å². The Balaban J connectivity index is 2.27. The van der Waals surface area contributed by atoms with E-state index in [0.29, 0.717) is 0 Å². The number of ether oxygens (including phenoxy) is 1. The van der Waals surface area contributed by atoms with E-state index in [-0.39, 0.29) is 33.3 Å². The van der Waals surface area contributed by atoms with Crippen LogP contribution < -0.4 is 10.0 Å². The monoisotopic (exact) mass is 407 g/mol. The predicted molar refractivity (Wildman–Crippen MR) is 97.9 cm³/mol. The summed E-state index contributed by atoms with van der Waals surface area (Å²) in [6.45, 7) is 1.74. The number of carbonyl (C=O) groups is 2. The lowest BCUT2D eigenvalue weighted by Crippen LogP contribution is -2.35. The number of hydrogen-bond acceptors (Lipinski definition) is 6. The molecular formula is C17H14ClN3O5S. The minimum absolute atomic E-state index is 0.00576. The summed E-state index contributed by atoms with van der Waals surface area (Å²) in [6, 6.07) is 10.1. The molecule has 0 fully saturated rings. The Bertz CT molecular complexity index is 1030. The third-order valence-electron chi connectivity index (χ3n) is 3.25. The van der Waals surface area contributed by atoms with Crippen molar-refractivity contribution < 1.29 is 22.7 Å². The van der Waals surface area contributed by atoms with Gasteiger partial charge in [0, 0.05) is 5.02 Å². The average molecular weight is 408 g/mol. The summed E-state index contributed by atoms with van der Waals surface area (Å²) in [7, 11) is -4.31. The highest BCUT2D eigenvalue weighted by atomic mass is 35.5. The van der Waals surface area contributed by atoms with E-state index in [1.807, 2.05) is 0 Å². The predicted octanol–water partition coefficient (Wildman–Crippen LogP) is 2.90. The Labute approximate surface area is 160 Å². The van der Waals surface area contributed by atoms with Crippen LogP contribution in [0.3, 0.4) is 0 Å². The molecule has 27 heavy (non-hydrogen) atoms. The van der Waals surface area contributed by atoms with Crippen LogP contribution in [0.4, 0.5) is 10.5 Å². The molecule has 0 spiro atoms.